The Kier molecular flexibility index (Phi) is 6.40. The van der Waals surface area contributed by atoms with E-state index in [1.54, 1.807) is 13.0 Å². The topological polar surface area (TPSA) is 115 Å². The van der Waals surface area contributed by atoms with Crippen LogP contribution in [0.3, 0.4) is 0 Å². The molecule has 2 aromatic rings. The van der Waals surface area contributed by atoms with Crippen molar-refractivity contribution < 1.29 is 22.7 Å². The normalized spacial score (nSPS) is 14.5. The van der Waals surface area contributed by atoms with E-state index in [2.05, 4.69) is 25.3 Å². The molecule has 1 aliphatic carbocycles. The van der Waals surface area contributed by atoms with Gasteiger partial charge in [-0.3, -0.25) is 15.1 Å². The predicted octanol–water partition coefficient (Wildman–Crippen LogP) is 2.99. The van der Waals surface area contributed by atoms with Crippen molar-refractivity contribution in [1.29, 1.82) is 0 Å². The molecule has 3 rings (SSSR count). The first-order valence-electron chi connectivity index (χ1n) is 8.96. The number of carbonyl (C=O) groups excluding carboxylic acids is 1. The van der Waals surface area contributed by atoms with Crippen molar-refractivity contribution in [2.24, 2.45) is 16.6 Å². The second-order valence-electron chi connectivity index (χ2n) is 6.61. The summed E-state index contributed by atoms with van der Waals surface area (Å²) in [6.07, 6.45) is -2.20. The molecular weight excluding hydrogens is 425 g/mol. The van der Waals surface area contributed by atoms with Crippen LogP contribution >= 0.6 is 11.6 Å². The lowest BCUT2D eigenvalue weighted by Gasteiger charge is -2.10. The lowest BCUT2D eigenvalue weighted by Crippen LogP contribution is -2.21. The first kappa shape index (κ1) is 21.8. The molecule has 12 heteroatoms. The van der Waals surface area contributed by atoms with Crippen LogP contribution in [-0.2, 0) is 11.0 Å². The molecule has 0 spiro atoms. The van der Waals surface area contributed by atoms with Gasteiger partial charge in [-0.25, -0.2) is 15.0 Å². The number of ether oxygens (including phenoxy) is 1. The number of aliphatic imine (C=N–C) groups is 1. The number of rotatable bonds is 7. The molecule has 1 saturated carbocycles. The lowest BCUT2D eigenvalue weighted by atomic mass is 10.3. The number of hydrogen-bond donors (Lipinski definition) is 2. The number of nitrogens with zero attached hydrogens (tertiary/aromatic N) is 4. The molecule has 1 fully saturated rings. The molecule has 1 aliphatic rings. The molecule has 2 heterocycles. The molecule has 1 amide bonds. The molecule has 0 aromatic carbocycles. The number of nitrogens with two attached hydrogens (primary N) is 1. The quantitative estimate of drug-likeness (QED) is 0.387. The van der Waals surface area contributed by atoms with Crippen molar-refractivity contribution >= 4 is 29.3 Å². The van der Waals surface area contributed by atoms with Gasteiger partial charge in [0.15, 0.2) is 0 Å². The van der Waals surface area contributed by atoms with Gasteiger partial charge in [-0.15, -0.1) is 0 Å². The van der Waals surface area contributed by atoms with E-state index in [0.29, 0.717) is 17.6 Å². The molecule has 0 aliphatic heterocycles. The van der Waals surface area contributed by atoms with Crippen molar-refractivity contribution in [3.63, 3.8) is 0 Å². The number of amides is 1. The fourth-order valence-electron chi connectivity index (χ4n) is 2.39. The fourth-order valence-corrected chi connectivity index (χ4v) is 2.61. The Bertz CT molecular complexity index is 979. The van der Waals surface area contributed by atoms with Crippen LogP contribution in [0.1, 0.15) is 29.8 Å². The monoisotopic (exact) mass is 442 g/mol. The van der Waals surface area contributed by atoms with Crippen molar-refractivity contribution in [3.8, 4) is 5.88 Å². The summed E-state index contributed by atoms with van der Waals surface area (Å²) < 4.78 is 43.1. The number of pyridine rings is 1. The van der Waals surface area contributed by atoms with E-state index >= 15 is 0 Å². The van der Waals surface area contributed by atoms with Gasteiger partial charge < -0.3 is 10.5 Å². The smallest absolute Gasteiger partial charge is 0.417 e. The number of hydrogen-bond acceptors (Lipinski definition) is 6. The average molecular weight is 443 g/mol. The maximum atomic E-state index is 12.6. The molecule has 0 atom stereocenters. The second-order valence-corrected chi connectivity index (χ2v) is 7.01. The summed E-state index contributed by atoms with van der Waals surface area (Å²) in [6, 6.07) is 2.35. The van der Waals surface area contributed by atoms with Crippen molar-refractivity contribution in [2.45, 2.75) is 25.9 Å². The van der Waals surface area contributed by atoms with Crippen LogP contribution in [-0.4, -0.2) is 39.8 Å². The minimum absolute atomic E-state index is 0.00589. The highest BCUT2D eigenvalue weighted by molar-refractivity contribution is 6.31. The molecular formula is C18H18ClF3N6O2. The maximum absolute atomic E-state index is 12.6. The summed E-state index contributed by atoms with van der Waals surface area (Å²) in [5.74, 6) is -0.0151. The SMILES string of the molecule is Cc1cc(C(N)=NCCOc2ncc(C(F)(F)F)cc2Cl)nc(NC(=O)C2CC2)n1. The van der Waals surface area contributed by atoms with E-state index in [1.807, 2.05) is 0 Å². The number of aromatic nitrogens is 3. The minimum Gasteiger partial charge on any atom is -0.475 e. The number of alkyl halides is 3. The van der Waals surface area contributed by atoms with Crippen molar-refractivity contribution in [1.82, 2.24) is 15.0 Å². The van der Waals surface area contributed by atoms with Crippen molar-refractivity contribution in [3.05, 3.63) is 40.3 Å². The fraction of sp³-hybridized carbons (Fsp3) is 0.389. The zero-order valence-electron chi connectivity index (χ0n) is 15.8. The first-order valence-corrected chi connectivity index (χ1v) is 9.33. The summed E-state index contributed by atoms with van der Waals surface area (Å²) in [5.41, 5.74) is 5.90. The minimum atomic E-state index is -4.54. The number of halogens is 4. The number of amidine groups is 1. The highest BCUT2D eigenvalue weighted by Gasteiger charge is 2.32. The van der Waals surface area contributed by atoms with Crippen LogP contribution in [0.4, 0.5) is 19.1 Å². The number of nitrogens with one attached hydrogen (secondary N) is 1. The molecule has 2 aromatic heterocycles. The van der Waals surface area contributed by atoms with Crippen LogP contribution in [0.2, 0.25) is 5.02 Å². The van der Waals surface area contributed by atoms with Crippen LogP contribution in [0.25, 0.3) is 0 Å². The van der Waals surface area contributed by atoms with Gasteiger partial charge in [0.05, 0.1) is 12.1 Å². The Labute approximate surface area is 174 Å². The zero-order chi connectivity index (χ0) is 21.9. The number of anilines is 1. The second kappa shape index (κ2) is 8.82. The molecule has 3 N–H and O–H groups in total. The number of carbonyl (C=O) groups is 1. The van der Waals surface area contributed by atoms with Crippen molar-refractivity contribution in [2.75, 3.05) is 18.5 Å². The van der Waals surface area contributed by atoms with E-state index in [4.69, 9.17) is 22.1 Å². The highest BCUT2D eigenvalue weighted by atomic mass is 35.5. The molecule has 0 unspecified atom stereocenters. The molecule has 8 nitrogen and oxygen atoms in total. The standard InChI is InChI=1S/C18H18ClF3N6O2/c1-9-6-13(27-17(26-9)28-15(29)10-2-3-10)14(23)24-4-5-30-16-12(19)7-11(8-25-16)18(20,21)22/h6-8,10H,2-5H2,1H3,(H2,23,24)(H,26,27,28,29). The van der Waals surface area contributed by atoms with Gasteiger partial charge in [0.25, 0.3) is 0 Å². The third-order valence-electron chi connectivity index (χ3n) is 4.05. The molecule has 0 saturated heterocycles. The summed E-state index contributed by atoms with van der Waals surface area (Å²) in [7, 11) is 0. The Morgan fingerprint density at radius 2 is 2.10 bits per heavy atom. The van der Waals surface area contributed by atoms with E-state index in [-0.39, 0.29) is 47.7 Å². The Morgan fingerprint density at radius 1 is 1.37 bits per heavy atom. The van der Waals surface area contributed by atoms with Gasteiger partial charge in [-0.2, -0.15) is 13.2 Å². The van der Waals surface area contributed by atoms with Crippen LogP contribution < -0.4 is 15.8 Å². The van der Waals surface area contributed by atoms with E-state index in [9.17, 15) is 18.0 Å². The lowest BCUT2D eigenvalue weighted by molar-refractivity contribution is -0.137. The third kappa shape index (κ3) is 5.78. The Balaban J connectivity index is 1.59. The molecule has 160 valence electrons. The zero-order valence-corrected chi connectivity index (χ0v) is 16.6. The van der Waals surface area contributed by atoms with Gasteiger partial charge in [0.1, 0.15) is 23.2 Å². The summed E-state index contributed by atoms with van der Waals surface area (Å²) in [6.45, 7) is 1.79. The largest absolute Gasteiger partial charge is 0.475 e. The van der Waals surface area contributed by atoms with E-state index < -0.39 is 11.7 Å². The van der Waals surface area contributed by atoms with Crippen LogP contribution in [0.15, 0.2) is 23.3 Å². The molecule has 0 bridgehead atoms. The van der Waals surface area contributed by atoms with E-state index in [0.717, 1.165) is 18.9 Å². The van der Waals surface area contributed by atoms with E-state index in [1.165, 1.54) is 0 Å². The van der Waals surface area contributed by atoms with Gasteiger partial charge >= 0.3 is 6.18 Å². The maximum Gasteiger partial charge on any atom is 0.417 e. The van der Waals surface area contributed by atoms with Gasteiger partial charge in [0, 0.05) is 17.8 Å². The Hall–Kier alpha value is -2.95. The van der Waals surface area contributed by atoms with Crippen LogP contribution in [0, 0.1) is 12.8 Å². The molecule has 30 heavy (non-hydrogen) atoms. The molecule has 0 radical (unpaired) electrons. The Morgan fingerprint density at radius 3 is 2.73 bits per heavy atom. The van der Waals surface area contributed by atoms with Gasteiger partial charge in [0.2, 0.25) is 17.7 Å². The average Bonchev–Trinajstić information content (AvgIpc) is 3.50. The highest BCUT2D eigenvalue weighted by Crippen LogP contribution is 2.33. The predicted molar refractivity (Wildman–Crippen MR) is 103 cm³/mol. The summed E-state index contributed by atoms with van der Waals surface area (Å²) in [5, 5.41) is 2.39. The summed E-state index contributed by atoms with van der Waals surface area (Å²) >= 11 is 5.78. The third-order valence-corrected chi connectivity index (χ3v) is 4.32. The van der Waals surface area contributed by atoms with Gasteiger partial charge in [-0.05, 0) is 31.9 Å². The van der Waals surface area contributed by atoms with Crippen LogP contribution in [0.5, 0.6) is 5.88 Å². The number of aryl methyl sites for hydroxylation is 1. The van der Waals surface area contributed by atoms with Gasteiger partial charge in [-0.1, -0.05) is 11.6 Å². The first-order chi connectivity index (χ1) is 14.1. The summed E-state index contributed by atoms with van der Waals surface area (Å²) in [4.78, 5) is 27.9.